The van der Waals surface area contributed by atoms with Gasteiger partial charge < -0.3 is 4.74 Å². The molecule has 11 heavy (non-hydrogen) atoms. The summed E-state index contributed by atoms with van der Waals surface area (Å²) in [5.74, 6) is 0. The Kier molecular flexibility index (Phi) is 5.75. The van der Waals surface area contributed by atoms with Gasteiger partial charge in [0.2, 0.25) is 0 Å². The summed E-state index contributed by atoms with van der Waals surface area (Å²) >= 11 is 0. The number of hydrogen-bond acceptors (Lipinski definition) is 2. The SMILES string of the molecule is CCC(COC)=NC=C(C)C. The Labute approximate surface area is 69.0 Å². The zero-order valence-electron chi connectivity index (χ0n) is 7.85. The highest BCUT2D eigenvalue weighted by atomic mass is 16.5. The van der Waals surface area contributed by atoms with E-state index in [1.807, 2.05) is 20.0 Å². The predicted molar refractivity (Wildman–Crippen MR) is 49.0 cm³/mol. The second-order valence-corrected chi connectivity index (χ2v) is 2.69. The molecule has 0 bridgehead atoms. The third-order valence-electron chi connectivity index (χ3n) is 1.22. The predicted octanol–water partition coefficient (Wildman–Crippen LogP) is 2.41. The van der Waals surface area contributed by atoms with Crippen LogP contribution in [0.3, 0.4) is 0 Å². The van der Waals surface area contributed by atoms with Crippen LogP contribution in [-0.2, 0) is 4.74 Å². The molecule has 0 heterocycles. The maximum atomic E-state index is 4.97. The van der Waals surface area contributed by atoms with E-state index in [0.29, 0.717) is 6.61 Å². The first kappa shape index (κ1) is 10.4. The summed E-state index contributed by atoms with van der Waals surface area (Å²) in [5, 5.41) is 0. The lowest BCUT2D eigenvalue weighted by Gasteiger charge is -1.98. The molecule has 0 aliphatic rings. The third-order valence-corrected chi connectivity index (χ3v) is 1.22. The van der Waals surface area contributed by atoms with Gasteiger partial charge in [0, 0.05) is 19.0 Å². The fraction of sp³-hybridized carbons (Fsp3) is 0.667. The van der Waals surface area contributed by atoms with Gasteiger partial charge >= 0.3 is 0 Å². The summed E-state index contributed by atoms with van der Waals surface area (Å²) in [6.45, 7) is 6.78. The normalized spacial score (nSPS) is 11.5. The number of methoxy groups -OCH3 is 1. The summed E-state index contributed by atoms with van der Waals surface area (Å²) in [5.41, 5.74) is 2.31. The maximum Gasteiger partial charge on any atom is 0.0844 e. The van der Waals surface area contributed by atoms with Gasteiger partial charge in [0.25, 0.3) is 0 Å². The number of nitrogens with zero attached hydrogens (tertiary/aromatic N) is 1. The molecule has 0 radical (unpaired) electrons. The summed E-state index contributed by atoms with van der Waals surface area (Å²) in [6.07, 6.45) is 2.83. The van der Waals surface area contributed by atoms with Crippen LogP contribution in [0.15, 0.2) is 16.8 Å². The molecule has 0 amide bonds. The molecule has 0 aromatic carbocycles. The molecule has 0 fully saturated rings. The lowest BCUT2D eigenvalue weighted by Crippen LogP contribution is -2.04. The molecule has 0 rings (SSSR count). The van der Waals surface area contributed by atoms with Crippen molar-refractivity contribution in [2.75, 3.05) is 13.7 Å². The van der Waals surface area contributed by atoms with Gasteiger partial charge in [-0.25, -0.2) is 0 Å². The van der Waals surface area contributed by atoms with E-state index in [1.54, 1.807) is 7.11 Å². The van der Waals surface area contributed by atoms with Gasteiger partial charge in [-0.3, -0.25) is 4.99 Å². The van der Waals surface area contributed by atoms with Gasteiger partial charge in [-0.15, -0.1) is 0 Å². The van der Waals surface area contributed by atoms with Crippen molar-refractivity contribution in [1.82, 2.24) is 0 Å². The minimum absolute atomic E-state index is 0.639. The lowest BCUT2D eigenvalue weighted by molar-refractivity contribution is 0.244. The molecule has 0 saturated carbocycles. The average molecular weight is 155 g/mol. The zero-order valence-corrected chi connectivity index (χ0v) is 7.85. The van der Waals surface area contributed by atoms with Crippen LogP contribution in [0.4, 0.5) is 0 Å². The largest absolute Gasteiger partial charge is 0.379 e. The lowest BCUT2D eigenvalue weighted by atomic mass is 10.3. The van der Waals surface area contributed by atoms with E-state index in [0.717, 1.165) is 12.1 Å². The van der Waals surface area contributed by atoms with E-state index in [-0.39, 0.29) is 0 Å². The van der Waals surface area contributed by atoms with Crippen molar-refractivity contribution >= 4 is 5.71 Å². The number of aliphatic imine (C=N–C) groups is 1. The topological polar surface area (TPSA) is 21.6 Å². The molecule has 0 aromatic heterocycles. The Hall–Kier alpha value is -0.630. The number of allylic oxidation sites excluding steroid dienone is 1. The molecule has 0 unspecified atom stereocenters. The first-order valence-electron chi connectivity index (χ1n) is 3.88. The highest BCUT2D eigenvalue weighted by molar-refractivity contribution is 5.85. The van der Waals surface area contributed by atoms with Crippen LogP contribution in [-0.4, -0.2) is 19.4 Å². The van der Waals surface area contributed by atoms with E-state index < -0.39 is 0 Å². The second kappa shape index (κ2) is 6.10. The van der Waals surface area contributed by atoms with Crippen LogP contribution in [0.25, 0.3) is 0 Å². The van der Waals surface area contributed by atoms with Gasteiger partial charge in [-0.2, -0.15) is 0 Å². The molecule has 0 aliphatic carbocycles. The maximum absolute atomic E-state index is 4.97. The fourth-order valence-electron chi connectivity index (χ4n) is 0.618. The fourth-order valence-corrected chi connectivity index (χ4v) is 0.618. The van der Waals surface area contributed by atoms with Crippen LogP contribution >= 0.6 is 0 Å². The Morgan fingerprint density at radius 2 is 2.09 bits per heavy atom. The highest BCUT2D eigenvalue weighted by Crippen LogP contribution is 1.93. The van der Waals surface area contributed by atoms with Crippen molar-refractivity contribution in [3.8, 4) is 0 Å². The van der Waals surface area contributed by atoms with Crippen molar-refractivity contribution in [3.05, 3.63) is 11.8 Å². The molecule has 0 N–H and O–H groups in total. The minimum atomic E-state index is 0.639. The molecular weight excluding hydrogens is 138 g/mol. The Morgan fingerprint density at radius 3 is 2.45 bits per heavy atom. The van der Waals surface area contributed by atoms with Crippen molar-refractivity contribution in [1.29, 1.82) is 0 Å². The molecule has 0 aliphatic heterocycles. The molecule has 0 aromatic rings. The number of ether oxygens (including phenoxy) is 1. The quantitative estimate of drug-likeness (QED) is 0.571. The molecule has 2 nitrogen and oxygen atoms in total. The molecule has 64 valence electrons. The molecule has 2 heteroatoms. The molecule has 0 saturated heterocycles. The van der Waals surface area contributed by atoms with E-state index in [1.165, 1.54) is 5.57 Å². The van der Waals surface area contributed by atoms with Gasteiger partial charge in [0.05, 0.1) is 6.61 Å². The summed E-state index contributed by atoms with van der Waals surface area (Å²) < 4.78 is 4.97. The smallest absolute Gasteiger partial charge is 0.0844 e. The highest BCUT2D eigenvalue weighted by Gasteiger charge is 1.91. The van der Waals surface area contributed by atoms with Crippen molar-refractivity contribution in [2.24, 2.45) is 4.99 Å². The minimum Gasteiger partial charge on any atom is -0.379 e. The molecule has 0 spiro atoms. The van der Waals surface area contributed by atoms with E-state index in [9.17, 15) is 0 Å². The van der Waals surface area contributed by atoms with Crippen LogP contribution in [0.2, 0.25) is 0 Å². The Balaban J connectivity index is 4.00. The van der Waals surface area contributed by atoms with Crippen molar-refractivity contribution in [2.45, 2.75) is 27.2 Å². The molecular formula is C9H17NO. The first-order valence-corrected chi connectivity index (χ1v) is 3.88. The standard InChI is InChI=1S/C9H17NO/c1-5-9(7-11-4)10-6-8(2)3/h6H,5,7H2,1-4H3. The van der Waals surface area contributed by atoms with Crippen molar-refractivity contribution in [3.63, 3.8) is 0 Å². The second-order valence-electron chi connectivity index (χ2n) is 2.69. The van der Waals surface area contributed by atoms with Crippen molar-refractivity contribution < 1.29 is 4.74 Å². The van der Waals surface area contributed by atoms with Gasteiger partial charge in [-0.05, 0) is 20.3 Å². The van der Waals surface area contributed by atoms with Crippen LogP contribution in [0, 0.1) is 0 Å². The Morgan fingerprint density at radius 1 is 1.45 bits per heavy atom. The zero-order chi connectivity index (χ0) is 8.69. The molecule has 0 atom stereocenters. The Bertz CT molecular complexity index is 155. The number of rotatable bonds is 4. The summed E-state index contributed by atoms with van der Waals surface area (Å²) in [6, 6.07) is 0. The summed E-state index contributed by atoms with van der Waals surface area (Å²) in [4.78, 5) is 4.26. The van der Waals surface area contributed by atoms with Crippen LogP contribution in [0.5, 0.6) is 0 Å². The van der Waals surface area contributed by atoms with E-state index >= 15 is 0 Å². The summed E-state index contributed by atoms with van der Waals surface area (Å²) in [7, 11) is 1.69. The van der Waals surface area contributed by atoms with E-state index in [2.05, 4.69) is 11.9 Å². The van der Waals surface area contributed by atoms with Crippen LogP contribution in [0.1, 0.15) is 27.2 Å². The van der Waals surface area contributed by atoms with Gasteiger partial charge in [-0.1, -0.05) is 12.5 Å². The monoisotopic (exact) mass is 155 g/mol. The third kappa shape index (κ3) is 5.80. The van der Waals surface area contributed by atoms with E-state index in [4.69, 9.17) is 4.74 Å². The first-order chi connectivity index (χ1) is 5.20. The van der Waals surface area contributed by atoms with Gasteiger partial charge in [0.15, 0.2) is 0 Å². The van der Waals surface area contributed by atoms with Gasteiger partial charge in [0.1, 0.15) is 0 Å². The number of hydrogen-bond donors (Lipinski definition) is 0. The van der Waals surface area contributed by atoms with Crippen LogP contribution < -0.4 is 0 Å². The average Bonchev–Trinajstić information content (AvgIpc) is 1.97.